The van der Waals surface area contributed by atoms with Gasteiger partial charge >= 0.3 is 5.97 Å². The van der Waals surface area contributed by atoms with Crippen molar-refractivity contribution in [1.82, 2.24) is 9.29 Å². The number of benzene rings is 2. The molecule has 0 aliphatic carbocycles. The van der Waals surface area contributed by atoms with E-state index in [4.69, 9.17) is 5.11 Å². The number of nitrogens with one attached hydrogen (secondary N) is 1. The summed E-state index contributed by atoms with van der Waals surface area (Å²) in [6, 6.07) is 14.3. The highest BCUT2D eigenvalue weighted by Crippen LogP contribution is 2.24. The van der Waals surface area contributed by atoms with Gasteiger partial charge in [-0.05, 0) is 43.2 Å². The fourth-order valence-corrected chi connectivity index (χ4v) is 4.14. The predicted molar refractivity (Wildman–Crippen MR) is 104 cm³/mol. The fourth-order valence-electron chi connectivity index (χ4n) is 3.09. The molecule has 0 saturated heterocycles. The van der Waals surface area contributed by atoms with E-state index < -0.39 is 16.0 Å². The van der Waals surface area contributed by atoms with Crippen molar-refractivity contribution in [2.24, 2.45) is 0 Å². The van der Waals surface area contributed by atoms with Crippen LogP contribution in [0.4, 0.5) is 0 Å². The number of aryl methyl sites for hydroxylation is 2. The molecular formula is C20H22N2O4S. The second-order valence-corrected chi connectivity index (χ2v) is 8.24. The van der Waals surface area contributed by atoms with Crippen LogP contribution in [-0.4, -0.2) is 30.6 Å². The minimum absolute atomic E-state index is 0.0394. The molecule has 0 bridgehead atoms. The number of aromatic nitrogens is 1. The highest BCUT2D eigenvalue weighted by molar-refractivity contribution is 7.89. The number of hydrogen-bond acceptors (Lipinski definition) is 3. The first-order valence-electron chi connectivity index (χ1n) is 8.72. The number of sulfonamides is 1. The zero-order chi connectivity index (χ0) is 19.4. The van der Waals surface area contributed by atoms with Crippen LogP contribution in [0.1, 0.15) is 17.5 Å². The van der Waals surface area contributed by atoms with Crippen molar-refractivity contribution in [3.8, 4) is 0 Å². The van der Waals surface area contributed by atoms with Crippen LogP contribution in [0.2, 0.25) is 0 Å². The van der Waals surface area contributed by atoms with Gasteiger partial charge in [0.2, 0.25) is 10.0 Å². The molecule has 27 heavy (non-hydrogen) atoms. The van der Waals surface area contributed by atoms with E-state index in [2.05, 4.69) is 4.72 Å². The summed E-state index contributed by atoms with van der Waals surface area (Å²) in [4.78, 5) is 11.1. The SMILES string of the molecule is Cc1ccc2c(c1)c(CCNS(=O)(=O)c1ccccc1)cn2CCC(=O)O. The second-order valence-electron chi connectivity index (χ2n) is 6.47. The van der Waals surface area contributed by atoms with Crippen LogP contribution in [0.5, 0.6) is 0 Å². The van der Waals surface area contributed by atoms with Gasteiger partial charge in [-0.25, -0.2) is 13.1 Å². The molecule has 0 radical (unpaired) electrons. The number of nitrogens with zero attached hydrogens (tertiary/aromatic N) is 1. The summed E-state index contributed by atoms with van der Waals surface area (Å²) in [7, 11) is -3.54. The van der Waals surface area contributed by atoms with Gasteiger partial charge < -0.3 is 9.67 Å². The molecule has 0 aliphatic rings. The Bertz CT molecular complexity index is 1060. The average Bonchev–Trinajstić information content (AvgIpc) is 2.97. The van der Waals surface area contributed by atoms with Crippen LogP contribution in [0, 0.1) is 6.92 Å². The van der Waals surface area contributed by atoms with Crippen molar-refractivity contribution >= 4 is 26.9 Å². The monoisotopic (exact) mass is 386 g/mol. The number of carbonyl (C=O) groups is 1. The van der Waals surface area contributed by atoms with E-state index in [0.717, 1.165) is 22.0 Å². The number of fused-ring (bicyclic) bond motifs is 1. The first-order valence-corrected chi connectivity index (χ1v) is 10.2. The van der Waals surface area contributed by atoms with Gasteiger partial charge in [0.05, 0.1) is 11.3 Å². The van der Waals surface area contributed by atoms with Crippen LogP contribution in [0.3, 0.4) is 0 Å². The highest BCUT2D eigenvalue weighted by atomic mass is 32.2. The number of aliphatic carboxylic acids is 1. The molecular weight excluding hydrogens is 364 g/mol. The topological polar surface area (TPSA) is 88.4 Å². The van der Waals surface area contributed by atoms with E-state index in [-0.39, 0.29) is 17.9 Å². The molecule has 3 aromatic rings. The zero-order valence-electron chi connectivity index (χ0n) is 15.1. The van der Waals surface area contributed by atoms with Crippen molar-refractivity contribution in [3.63, 3.8) is 0 Å². The maximum absolute atomic E-state index is 12.3. The van der Waals surface area contributed by atoms with Crippen molar-refractivity contribution < 1.29 is 18.3 Å². The molecule has 0 fully saturated rings. The van der Waals surface area contributed by atoms with Crippen LogP contribution < -0.4 is 4.72 Å². The number of carboxylic acids is 1. The van der Waals surface area contributed by atoms with Gasteiger partial charge in [0, 0.05) is 30.2 Å². The molecule has 0 spiro atoms. The molecule has 0 amide bonds. The molecule has 0 unspecified atom stereocenters. The molecule has 6 nitrogen and oxygen atoms in total. The lowest BCUT2D eigenvalue weighted by molar-refractivity contribution is -0.137. The Hall–Kier alpha value is -2.64. The van der Waals surface area contributed by atoms with Gasteiger partial charge in [-0.1, -0.05) is 29.8 Å². The lowest BCUT2D eigenvalue weighted by atomic mass is 10.1. The molecule has 0 atom stereocenters. The first-order chi connectivity index (χ1) is 12.9. The second kappa shape index (κ2) is 7.94. The summed E-state index contributed by atoms with van der Waals surface area (Å²) in [6.45, 7) is 2.64. The summed E-state index contributed by atoms with van der Waals surface area (Å²) >= 11 is 0. The van der Waals surface area contributed by atoms with E-state index in [1.807, 2.05) is 35.9 Å². The molecule has 142 valence electrons. The summed E-state index contributed by atoms with van der Waals surface area (Å²) in [5, 5.41) is 9.97. The maximum Gasteiger partial charge on any atom is 0.305 e. The first kappa shape index (κ1) is 19.1. The van der Waals surface area contributed by atoms with Crippen LogP contribution in [0.25, 0.3) is 10.9 Å². The van der Waals surface area contributed by atoms with Gasteiger partial charge in [0.1, 0.15) is 0 Å². The summed E-state index contributed by atoms with van der Waals surface area (Å²) in [5.74, 6) is -0.846. The number of rotatable bonds is 8. The van der Waals surface area contributed by atoms with Crippen LogP contribution in [-0.2, 0) is 27.8 Å². The minimum atomic E-state index is -3.54. The fraction of sp³-hybridized carbons (Fsp3) is 0.250. The standard InChI is InChI=1S/C20H22N2O4S/c1-15-7-8-19-18(13-15)16(14-22(19)12-10-20(23)24)9-11-21-27(25,26)17-5-3-2-4-6-17/h2-8,13-14,21H,9-12H2,1H3,(H,23,24). The molecule has 3 rings (SSSR count). The Morgan fingerprint density at radius 1 is 1.15 bits per heavy atom. The molecule has 2 N–H and O–H groups in total. The molecule has 0 aliphatic heterocycles. The van der Waals surface area contributed by atoms with Crippen molar-refractivity contribution in [2.45, 2.75) is 31.2 Å². The molecule has 2 aromatic carbocycles. The third kappa shape index (κ3) is 4.56. The lowest BCUT2D eigenvalue weighted by Crippen LogP contribution is -2.25. The average molecular weight is 386 g/mol. The maximum atomic E-state index is 12.3. The van der Waals surface area contributed by atoms with E-state index in [1.165, 1.54) is 0 Å². The van der Waals surface area contributed by atoms with Gasteiger partial charge in [-0.15, -0.1) is 0 Å². The van der Waals surface area contributed by atoms with Gasteiger partial charge in [0.15, 0.2) is 0 Å². The minimum Gasteiger partial charge on any atom is -0.481 e. The number of carboxylic acid groups (broad SMARTS) is 1. The van der Waals surface area contributed by atoms with Gasteiger partial charge in [-0.2, -0.15) is 0 Å². The Morgan fingerprint density at radius 2 is 1.89 bits per heavy atom. The van der Waals surface area contributed by atoms with E-state index >= 15 is 0 Å². The number of hydrogen-bond donors (Lipinski definition) is 2. The van der Waals surface area contributed by atoms with Gasteiger partial charge in [-0.3, -0.25) is 4.79 Å². The largest absolute Gasteiger partial charge is 0.481 e. The Kier molecular flexibility index (Phi) is 5.62. The lowest BCUT2D eigenvalue weighted by Gasteiger charge is -2.06. The van der Waals surface area contributed by atoms with Crippen LogP contribution in [0.15, 0.2) is 59.6 Å². The quantitative estimate of drug-likeness (QED) is 0.623. The van der Waals surface area contributed by atoms with Crippen molar-refractivity contribution in [1.29, 1.82) is 0 Å². The van der Waals surface area contributed by atoms with Gasteiger partial charge in [0.25, 0.3) is 0 Å². The Morgan fingerprint density at radius 3 is 2.59 bits per heavy atom. The van der Waals surface area contributed by atoms with Crippen LogP contribution >= 0.6 is 0 Å². The molecule has 7 heteroatoms. The summed E-state index contributed by atoms with van der Waals surface area (Å²) in [6.07, 6.45) is 2.48. The highest BCUT2D eigenvalue weighted by Gasteiger charge is 2.14. The third-order valence-electron chi connectivity index (χ3n) is 4.43. The summed E-state index contributed by atoms with van der Waals surface area (Å²) < 4.78 is 29.2. The smallest absolute Gasteiger partial charge is 0.305 e. The Labute approximate surface area is 158 Å². The van der Waals surface area contributed by atoms with Crippen molar-refractivity contribution in [2.75, 3.05) is 6.54 Å². The van der Waals surface area contributed by atoms with E-state index in [0.29, 0.717) is 13.0 Å². The van der Waals surface area contributed by atoms with E-state index in [9.17, 15) is 13.2 Å². The summed E-state index contributed by atoms with van der Waals surface area (Å²) in [5.41, 5.74) is 3.06. The third-order valence-corrected chi connectivity index (χ3v) is 5.90. The van der Waals surface area contributed by atoms with E-state index in [1.54, 1.807) is 30.3 Å². The van der Waals surface area contributed by atoms with Crippen molar-refractivity contribution in [3.05, 3.63) is 65.9 Å². The Balaban J connectivity index is 1.78. The normalized spacial score (nSPS) is 11.7. The zero-order valence-corrected chi connectivity index (χ0v) is 15.9. The predicted octanol–water partition coefficient (Wildman–Crippen LogP) is 2.95. The molecule has 1 heterocycles. The molecule has 1 aromatic heterocycles. The molecule has 0 saturated carbocycles.